The average molecular weight is 378 g/mol. The maximum absolute atomic E-state index is 11.8. The van der Waals surface area contributed by atoms with Crippen molar-refractivity contribution in [3.05, 3.63) is 59.7 Å². The van der Waals surface area contributed by atoms with Gasteiger partial charge in [0.15, 0.2) is 11.5 Å². The molecule has 0 aromatic heterocycles. The standard InChI is InChI=1S/C21H18N2O5/c22-21(25)16-5-1-2-6-17(16)26-12-4-3-11-23-20(24)10-8-15-7-9-18-19(13-15)28-14-27-18/h1-2,5-10,13H,11-12,14H2,(H2,22,25)(H,23,24)/b10-8+. The van der Waals surface area contributed by atoms with Gasteiger partial charge in [0.25, 0.3) is 5.91 Å². The highest BCUT2D eigenvalue weighted by molar-refractivity contribution is 5.95. The fraction of sp³-hybridized carbons (Fsp3) is 0.143. The van der Waals surface area contributed by atoms with E-state index in [1.807, 2.05) is 6.07 Å². The van der Waals surface area contributed by atoms with Gasteiger partial charge < -0.3 is 25.3 Å². The summed E-state index contributed by atoms with van der Waals surface area (Å²) in [5.41, 5.74) is 6.40. The molecule has 1 heterocycles. The van der Waals surface area contributed by atoms with Gasteiger partial charge in [-0.2, -0.15) is 0 Å². The number of primary amides is 1. The smallest absolute Gasteiger partial charge is 0.252 e. The Balaban J connectivity index is 1.42. The molecule has 0 atom stereocenters. The van der Waals surface area contributed by atoms with Crippen molar-refractivity contribution < 1.29 is 23.8 Å². The van der Waals surface area contributed by atoms with Crippen molar-refractivity contribution in [1.82, 2.24) is 5.32 Å². The van der Waals surface area contributed by atoms with Crippen molar-refractivity contribution in [3.8, 4) is 29.1 Å². The molecule has 2 aromatic rings. The third-order valence-corrected chi connectivity index (χ3v) is 3.75. The molecular formula is C21H18N2O5. The number of amides is 2. The van der Waals surface area contributed by atoms with Crippen LogP contribution >= 0.6 is 0 Å². The number of hydrogen-bond donors (Lipinski definition) is 2. The number of carbonyl (C=O) groups excluding carboxylic acids is 2. The van der Waals surface area contributed by atoms with E-state index in [-0.39, 0.29) is 25.9 Å². The van der Waals surface area contributed by atoms with E-state index in [0.717, 1.165) is 5.56 Å². The van der Waals surface area contributed by atoms with Gasteiger partial charge >= 0.3 is 0 Å². The van der Waals surface area contributed by atoms with Crippen LogP contribution in [0.2, 0.25) is 0 Å². The summed E-state index contributed by atoms with van der Waals surface area (Å²) in [7, 11) is 0. The molecule has 7 heteroatoms. The number of hydrogen-bond acceptors (Lipinski definition) is 5. The topological polar surface area (TPSA) is 99.9 Å². The van der Waals surface area contributed by atoms with E-state index < -0.39 is 5.91 Å². The molecule has 0 unspecified atom stereocenters. The lowest BCUT2D eigenvalue weighted by Gasteiger charge is -2.05. The van der Waals surface area contributed by atoms with Crippen molar-refractivity contribution in [1.29, 1.82) is 0 Å². The summed E-state index contributed by atoms with van der Waals surface area (Å²) >= 11 is 0. The van der Waals surface area contributed by atoms with Gasteiger partial charge in [0.1, 0.15) is 12.4 Å². The Kier molecular flexibility index (Phi) is 6.16. The lowest BCUT2D eigenvalue weighted by molar-refractivity contribution is -0.116. The van der Waals surface area contributed by atoms with Crippen LogP contribution in [-0.2, 0) is 4.79 Å². The zero-order valence-electron chi connectivity index (χ0n) is 14.9. The Hall–Kier alpha value is -3.92. The predicted octanol–water partition coefficient (Wildman–Crippen LogP) is 1.73. The van der Waals surface area contributed by atoms with E-state index in [1.165, 1.54) is 6.08 Å². The summed E-state index contributed by atoms with van der Waals surface area (Å²) in [6, 6.07) is 12.1. The number of rotatable bonds is 6. The molecule has 2 aromatic carbocycles. The van der Waals surface area contributed by atoms with Crippen LogP contribution in [0.1, 0.15) is 15.9 Å². The molecule has 0 saturated heterocycles. The highest BCUT2D eigenvalue weighted by atomic mass is 16.7. The quantitative estimate of drug-likeness (QED) is 0.589. The van der Waals surface area contributed by atoms with Gasteiger partial charge in [-0.1, -0.05) is 30.0 Å². The molecular weight excluding hydrogens is 360 g/mol. The molecule has 0 bridgehead atoms. The van der Waals surface area contributed by atoms with Crippen molar-refractivity contribution in [3.63, 3.8) is 0 Å². The van der Waals surface area contributed by atoms with E-state index in [4.69, 9.17) is 19.9 Å². The second-order valence-electron chi connectivity index (χ2n) is 5.67. The minimum atomic E-state index is -0.565. The summed E-state index contributed by atoms with van der Waals surface area (Å²) < 4.78 is 15.9. The number of nitrogens with one attached hydrogen (secondary N) is 1. The molecule has 0 aliphatic carbocycles. The average Bonchev–Trinajstić information content (AvgIpc) is 3.17. The number of nitrogens with two attached hydrogens (primary N) is 1. The summed E-state index contributed by atoms with van der Waals surface area (Å²) in [5, 5.41) is 2.65. The summed E-state index contributed by atoms with van der Waals surface area (Å²) in [4.78, 5) is 23.1. The Morgan fingerprint density at radius 3 is 2.82 bits per heavy atom. The van der Waals surface area contributed by atoms with Crippen LogP contribution in [0, 0.1) is 11.8 Å². The Labute approximate surface area is 162 Å². The molecule has 142 valence electrons. The maximum Gasteiger partial charge on any atom is 0.252 e. The van der Waals surface area contributed by atoms with E-state index in [0.29, 0.717) is 22.8 Å². The minimum absolute atomic E-state index is 0.0766. The third-order valence-electron chi connectivity index (χ3n) is 3.75. The number of benzene rings is 2. The predicted molar refractivity (Wildman–Crippen MR) is 103 cm³/mol. The first-order valence-corrected chi connectivity index (χ1v) is 8.46. The van der Waals surface area contributed by atoms with Gasteiger partial charge in [-0.15, -0.1) is 0 Å². The molecule has 3 rings (SSSR count). The summed E-state index contributed by atoms with van der Waals surface area (Å²) in [6.45, 7) is 0.456. The van der Waals surface area contributed by atoms with Crippen molar-refractivity contribution in [2.75, 3.05) is 19.9 Å². The van der Waals surface area contributed by atoms with Gasteiger partial charge in [-0.25, -0.2) is 0 Å². The van der Waals surface area contributed by atoms with Crippen LogP contribution in [-0.4, -0.2) is 31.8 Å². The SMILES string of the molecule is NC(=O)c1ccccc1OCC#CCNC(=O)/C=C/c1ccc2c(c1)OCO2. The van der Waals surface area contributed by atoms with E-state index in [1.54, 1.807) is 42.5 Å². The molecule has 1 aliphatic heterocycles. The van der Waals surface area contributed by atoms with Crippen LogP contribution in [0.25, 0.3) is 6.08 Å². The van der Waals surface area contributed by atoms with Crippen LogP contribution in [0.3, 0.4) is 0 Å². The molecule has 7 nitrogen and oxygen atoms in total. The van der Waals surface area contributed by atoms with Gasteiger partial charge in [-0.3, -0.25) is 9.59 Å². The number of fused-ring (bicyclic) bond motifs is 1. The van der Waals surface area contributed by atoms with Gasteiger partial charge in [0, 0.05) is 6.08 Å². The monoisotopic (exact) mass is 378 g/mol. The first-order chi connectivity index (χ1) is 13.6. The van der Waals surface area contributed by atoms with Crippen LogP contribution in [0.15, 0.2) is 48.5 Å². The highest BCUT2D eigenvalue weighted by Gasteiger charge is 2.12. The minimum Gasteiger partial charge on any atom is -0.480 e. The molecule has 0 fully saturated rings. The van der Waals surface area contributed by atoms with E-state index in [9.17, 15) is 9.59 Å². The van der Waals surface area contributed by atoms with Crippen LogP contribution in [0.5, 0.6) is 17.2 Å². The second kappa shape index (κ2) is 9.14. The first kappa shape index (κ1) is 18.9. The lowest BCUT2D eigenvalue weighted by Crippen LogP contribution is -2.21. The van der Waals surface area contributed by atoms with Gasteiger partial charge in [0.2, 0.25) is 12.7 Å². The molecule has 28 heavy (non-hydrogen) atoms. The molecule has 0 radical (unpaired) electrons. The van der Waals surface area contributed by atoms with Crippen molar-refractivity contribution in [2.24, 2.45) is 5.73 Å². The number of carbonyl (C=O) groups is 2. The van der Waals surface area contributed by atoms with Gasteiger partial charge in [-0.05, 0) is 35.9 Å². The van der Waals surface area contributed by atoms with E-state index in [2.05, 4.69) is 17.2 Å². The fourth-order valence-corrected chi connectivity index (χ4v) is 2.40. The Bertz CT molecular complexity index is 972. The van der Waals surface area contributed by atoms with E-state index >= 15 is 0 Å². The van der Waals surface area contributed by atoms with Crippen LogP contribution in [0.4, 0.5) is 0 Å². The zero-order chi connectivity index (χ0) is 19.8. The maximum atomic E-state index is 11.8. The van der Waals surface area contributed by atoms with Crippen LogP contribution < -0.4 is 25.3 Å². The number of para-hydroxylation sites is 1. The van der Waals surface area contributed by atoms with Gasteiger partial charge in [0.05, 0.1) is 12.1 Å². The number of ether oxygens (including phenoxy) is 3. The molecule has 0 saturated carbocycles. The molecule has 3 N–H and O–H groups in total. The van der Waals surface area contributed by atoms with Crippen molar-refractivity contribution >= 4 is 17.9 Å². The lowest BCUT2D eigenvalue weighted by atomic mass is 10.2. The first-order valence-electron chi connectivity index (χ1n) is 8.46. The highest BCUT2D eigenvalue weighted by Crippen LogP contribution is 2.32. The normalized spacial score (nSPS) is 11.6. The fourth-order valence-electron chi connectivity index (χ4n) is 2.40. The molecule has 0 spiro atoms. The largest absolute Gasteiger partial charge is 0.480 e. The Morgan fingerprint density at radius 2 is 1.96 bits per heavy atom. The summed E-state index contributed by atoms with van der Waals surface area (Å²) in [6.07, 6.45) is 3.09. The molecule has 2 amide bonds. The molecule has 1 aliphatic rings. The second-order valence-corrected chi connectivity index (χ2v) is 5.67. The third kappa shape index (κ3) is 5.05. The Morgan fingerprint density at radius 1 is 1.14 bits per heavy atom. The van der Waals surface area contributed by atoms with Crippen molar-refractivity contribution in [2.45, 2.75) is 0 Å². The zero-order valence-corrected chi connectivity index (χ0v) is 14.9. The summed E-state index contributed by atoms with van der Waals surface area (Å²) in [5.74, 6) is 6.43.